The minimum Gasteiger partial charge on any atom is -0.410 e. The van der Waals surface area contributed by atoms with Gasteiger partial charge in [0.25, 0.3) is 0 Å². The van der Waals surface area contributed by atoms with Crippen molar-refractivity contribution >= 4 is 39.3 Å². The van der Waals surface area contributed by atoms with Gasteiger partial charge in [0.2, 0.25) is 26.8 Å². The molecule has 1 aliphatic carbocycles. The molecule has 5 rings (SSSR count). The standard InChI is InChI=1S/C27H35N4O10PS2/c32-28-26-22-11-9-21(44(38,39)31-15-7-3-4-8-16-31)18-25(22)27(29-40-19-41-42(33,34)35)23-12-10-20(17-24(23)26)43(36,37)30-13-5-1-2-6-14-30/h9-12,17-18,32H,1-8,13-16,19H2,(H2,33,34,35). The number of rotatable bonds is 8. The van der Waals surface area contributed by atoms with E-state index in [1.807, 2.05) is 0 Å². The Hall–Kier alpha value is -2.69. The maximum absolute atomic E-state index is 13.6. The minimum atomic E-state index is -4.88. The zero-order valence-electron chi connectivity index (χ0n) is 23.9. The third kappa shape index (κ3) is 6.92. The molecule has 240 valence electrons. The molecule has 0 spiro atoms. The quantitative estimate of drug-likeness (QED) is 0.105. The number of hydrogen-bond acceptors (Lipinski definition) is 10. The van der Waals surface area contributed by atoms with Crippen LogP contribution in [0.4, 0.5) is 0 Å². The molecule has 2 heterocycles. The molecule has 0 atom stereocenters. The van der Waals surface area contributed by atoms with Gasteiger partial charge >= 0.3 is 7.82 Å². The molecule has 0 bridgehead atoms. The van der Waals surface area contributed by atoms with Gasteiger partial charge in [0, 0.05) is 48.4 Å². The second-order valence-electron chi connectivity index (χ2n) is 10.8. The summed E-state index contributed by atoms with van der Waals surface area (Å²) in [4.78, 5) is 23.1. The predicted molar refractivity (Wildman–Crippen MR) is 159 cm³/mol. The molecule has 0 unspecified atom stereocenters. The topological polar surface area (TPSA) is 196 Å². The number of nitrogens with zero attached hydrogens (tertiary/aromatic N) is 4. The molecule has 17 heteroatoms. The van der Waals surface area contributed by atoms with E-state index in [4.69, 9.17) is 14.6 Å². The first-order valence-corrected chi connectivity index (χ1v) is 18.8. The minimum absolute atomic E-state index is 0.00736. The zero-order valence-corrected chi connectivity index (χ0v) is 26.4. The van der Waals surface area contributed by atoms with Crippen LogP contribution in [0.15, 0.2) is 56.5 Å². The number of fused-ring (bicyclic) bond motifs is 2. The summed E-state index contributed by atoms with van der Waals surface area (Å²) >= 11 is 0. The number of oxime groups is 2. The van der Waals surface area contributed by atoms with Gasteiger partial charge in [0.15, 0.2) is 0 Å². The average Bonchev–Trinajstić information content (AvgIpc) is 3.45. The van der Waals surface area contributed by atoms with E-state index in [9.17, 15) is 26.6 Å². The van der Waals surface area contributed by atoms with E-state index in [-0.39, 0.29) is 43.5 Å². The maximum Gasteiger partial charge on any atom is 0.472 e. The van der Waals surface area contributed by atoms with Crippen molar-refractivity contribution in [3.8, 4) is 0 Å². The number of benzene rings is 2. The van der Waals surface area contributed by atoms with Crippen LogP contribution in [0.3, 0.4) is 0 Å². The molecule has 3 aliphatic rings. The first kappa shape index (κ1) is 32.7. The molecule has 0 radical (unpaired) electrons. The number of hydrogen-bond donors (Lipinski definition) is 3. The lowest BCUT2D eigenvalue weighted by Gasteiger charge is -2.26. The fourth-order valence-corrected chi connectivity index (χ4v) is 8.99. The highest BCUT2D eigenvalue weighted by Crippen LogP contribution is 2.36. The number of phosphoric ester groups is 1. The Balaban J connectivity index is 1.60. The number of phosphoric acid groups is 1. The van der Waals surface area contributed by atoms with Crippen LogP contribution in [0.2, 0.25) is 0 Å². The van der Waals surface area contributed by atoms with Gasteiger partial charge in [-0.3, -0.25) is 0 Å². The molecule has 44 heavy (non-hydrogen) atoms. The van der Waals surface area contributed by atoms with Gasteiger partial charge < -0.3 is 19.8 Å². The molecule has 3 N–H and O–H groups in total. The Kier molecular flexibility index (Phi) is 9.92. The van der Waals surface area contributed by atoms with Crippen LogP contribution >= 0.6 is 7.82 Å². The fourth-order valence-electron chi connectivity index (χ4n) is 5.71. The lowest BCUT2D eigenvalue weighted by Crippen LogP contribution is -2.33. The van der Waals surface area contributed by atoms with Crippen LogP contribution in [0, 0.1) is 0 Å². The molecule has 0 saturated carbocycles. The van der Waals surface area contributed by atoms with Crippen molar-refractivity contribution in [1.82, 2.24) is 8.61 Å². The van der Waals surface area contributed by atoms with E-state index < -0.39 is 34.7 Å². The third-order valence-corrected chi connectivity index (χ3v) is 12.2. The zero-order chi connectivity index (χ0) is 31.5. The summed E-state index contributed by atoms with van der Waals surface area (Å²) in [5.41, 5.74) is 0.909. The molecular formula is C27H35N4O10PS2. The van der Waals surface area contributed by atoms with Gasteiger partial charge in [-0.15, -0.1) is 0 Å². The Morgan fingerprint density at radius 1 is 0.682 bits per heavy atom. The SMILES string of the molecule is O=P(O)(O)OCON=C1c2ccc(S(=O)(=O)N3CCCCCC3)cc2C(=NO)c2ccc(S(=O)(=O)N3CCCCCC3)cc21. The van der Waals surface area contributed by atoms with Gasteiger partial charge in [-0.1, -0.05) is 48.1 Å². The van der Waals surface area contributed by atoms with Crippen molar-refractivity contribution in [2.45, 2.75) is 61.2 Å². The average molecular weight is 671 g/mol. The van der Waals surface area contributed by atoms with E-state index in [0.717, 1.165) is 51.4 Å². The van der Waals surface area contributed by atoms with E-state index in [0.29, 0.717) is 26.2 Å². The summed E-state index contributed by atoms with van der Waals surface area (Å²) in [6, 6.07) is 8.43. The third-order valence-electron chi connectivity index (χ3n) is 7.94. The summed E-state index contributed by atoms with van der Waals surface area (Å²) < 4.78 is 72.8. The van der Waals surface area contributed by atoms with Gasteiger partial charge in [-0.25, -0.2) is 25.9 Å². The molecule has 2 aromatic carbocycles. The smallest absolute Gasteiger partial charge is 0.410 e. The second-order valence-corrected chi connectivity index (χ2v) is 15.9. The van der Waals surface area contributed by atoms with Gasteiger partial charge in [0.05, 0.1) is 9.79 Å². The fraction of sp³-hybridized carbons (Fsp3) is 0.481. The highest BCUT2D eigenvalue weighted by atomic mass is 32.2. The molecule has 2 aromatic rings. The molecular weight excluding hydrogens is 635 g/mol. The van der Waals surface area contributed by atoms with E-state index in [2.05, 4.69) is 14.8 Å². The van der Waals surface area contributed by atoms with E-state index in [1.165, 1.54) is 45.0 Å². The van der Waals surface area contributed by atoms with Gasteiger partial charge in [0.1, 0.15) is 11.4 Å². The monoisotopic (exact) mass is 670 g/mol. The van der Waals surface area contributed by atoms with Crippen molar-refractivity contribution in [3.63, 3.8) is 0 Å². The van der Waals surface area contributed by atoms with Crippen molar-refractivity contribution in [1.29, 1.82) is 0 Å². The summed E-state index contributed by atoms with van der Waals surface area (Å²) in [6.45, 7) is 0.606. The Labute approximate surface area is 256 Å². The van der Waals surface area contributed by atoms with Crippen molar-refractivity contribution in [3.05, 3.63) is 58.7 Å². The predicted octanol–water partition coefficient (Wildman–Crippen LogP) is 3.19. The summed E-state index contributed by atoms with van der Waals surface area (Å²) in [7, 11) is -12.7. The molecule has 14 nitrogen and oxygen atoms in total. The van der Waals surface area contributed by atoms with Crippen molar-refractivity contribution in [2.24, 2.45) is 10.3 Å². The van der Waals surface area contributed by atoms with Crippen molar-refractivity contribution in [2.75, 3.05) is 33.0 Å². The largest absolute Gasteiger partial charge is 0.472 e. The van der Waals surface area contributed by atoms with Crippen LogP contribution in [-0.2, 0) is 34.0 Å². The Morgan fingerprint density at radius 3 is 1.55 bits per heavy atom. The molecule has 0 aromatic heterocycles. The first-order valence-electron chi connectivity index (χ1n) is 14.4. The summed E-state index contributed by atoms with van der Waals surface area (Å²) in [5, 5.41) is 17.6. The van der Waals surface area contributed by atoms with Crippen LogP contribution in [0.1, 0.15) is 73.6 Å². The summed E-state index contributed by atoms with van der Waals surface area (Å²) in [5.74, 6) is 0. The van der Waals surface area contributed by atoms with Crippen LogP contribution in [0.5, 0.6) is 0 Å². The Morgan fingerprint density at radius 2 is 1.11 bits per heavy atom. The van der Waals surface area contributed by atoms with E-state index in [1.54, 1.807) is 0 Å². The van der Waals surface area contributed by atoms with E-state index >= 15 is 0 Å². The molecule has 2 fully saturated rings. The maximum atomic E-state index is 13.6. The highest BCUT2D eigenvalue weighted by Gasteiger charge is 2.34. The van der Waals surface area contributed by atoms with Crippen molar-refractivity contribution < 1.29 is 45.8 Å². The van der Waals surface area contributed by atoms with Crippen LogP contribution in [-0.4, -0.2) is 84.8 Å². The lowest BCUT2D eigenvalue weighted by atomic mass is 9.83. The molecule has 2 saturated heterocycles. The normalized spacial score (nSPS) is 21.0. The lowest BCUT2D eigenvalue weighted by molar-refractivity contribution is 0.00128. The van der Waals surface area contributed by atoms with Gasteiger partial charge in [-0.2, -0.15) is 8.61 Å². The Bertz CT molecular complexity index is 1710. The second kappa shape index (κ2) is 13.3. The van der Waals surface area contributed by atoms with Crippen LogP contribution < -0.4 is 0 Å². The first-order chi connectivity index (χ1) is 20.9. The van der Waals surface area contributed by atoms with Crippen LogP contribution in [0.25, 0.3) is 0 Å². The van der Waals surface area contributed by atoms with Gasteiger partial charge in [-0.05, 0) is 49.9 Å². The molecule has 2 aliphatic heterocycles. The number of sulfonamides is 2. The molecule has 0 amide bonds. The highest BCUT2D eigenvalue weighted by molar-refractivity contribution is 7.89. The summed E-state index contributed by atoms with van der Waals surface area (Å²) in [6.07, 6.45) is 6.71.